The fourth-order valence-electron chi connectivity index (χ4n) is 2.44. The van der Waals surface area contributed by atoms with E-state index in [2.05, 4.69) is 10.3 Å². The van der Waals surface area contributed by atoms with Crippen molar-refractivity contribution in [2.24, 2.45) is 5.14 Å². The Labute approximate surface area is 158 Å². The number of amides is 2. The van der Waals surface area contributed by atoms with Gasteiger partial charge in [0.2, 0.25) is 15.9 Å². The molecule has 0 aliphatic heterocycles. The number of pyridine rings is 1. The molecule has 27 heavy (non-hydrogen) atoms. The Morgan fingerprint density at radius 3 is 2.41 bits per heavy atom. The second-order valence-corrected chi connectivity index (χ2v) is 7.50. The summed E-state index contributed by atoms with van der Waals surface area (Å²) in [6.45, 7) is 2.61. The lowest BCUT2D eigenvalue weighted by Crippen LogP contribution is -2.38. The van der Waals surface area contributed by atoms with Gasteiger partial charge >= 0.3 is 0 Å². The fourth-order valence-corrected chi connectivity index (χ4v) is 2.96. The van der Waals surface area contributed by atoms with Gasteiger partial charge in [0.15, 0.2) is 0 Å². The summed E-state index contributed by atoms with van der Waals surface area (Å²) in [5, 5.41) is 7.82. The van der Waals surface area contributed by atoms with E-state index in [0.29, 0.717) is 31.6 Å². The van der Waals surface area contributed by atoms with E-state index in [9.17, 15) is 18.0 Å². The normalized spacial score (nSPS) is 11.0. The molecule has 0 radical (unpaired) electrons. The van der Waals surface area contributed by atoms with Crippen LogP contribution in [0, 0.1) is 0 Å². The summed E-state index contributed by atoms with van der Waals surface area (Å²) >= 11 is 0. The minimum Gasteiger partial charge on any atom is -0.350 e. The molecule has 0 atom stereocenters. The van der Waals surface area contributed by atoms with Crippen LogP contribution in [0.1, 0.15) is 22.8 Å². The summed E-state index contributed by atoms with van der Waals surface area (Å²) in [4.78, 5) is 29.3. The number of hydrogen-bond acceptors (Lipinski definition) is 5. The summed E-state index contributed by atoms with van der Waals surface area (Å²) in [5.41, 5.74) is 1.34. The molecule has 2 rings (SSSR count). The number of primary sulfonamides is 1. The van der Waals surface area contributed by atoms with Crippen molar-refractivity contribution < 1.29 is 18.0 Å². The monoisotopic (exact) mass is 390 g/mol. The van der Waals surface area contributed by atoms with Crippen molar-refractivity contribution in [1.82, 2.24) is 15.2 Å². The standard InChI is InChI=1S/C18H22N4O4S/c1-14(23)22(12-10-21-18(24)16-3-2-9-20-13-16)11-8-15-4-6-17(7-5-15)27(19,25)26/h2-7,9,13H,8,10-12H2,1H3,(H,21,24)(H2,19,25,26). The maximum atomic E-state index is 12.0. The van der Waals surface area contributed by atoms with Gasteiger partial charge in [-0.25, -0.2) is 13.6 Å². The molecule has 0 spiro atoms. The molecule has 144 valence electrons. The smallest absolute Gasteiger partial charge is 0.252 e. The Kier molecular flexibility index (Phi) is 7.03. The number of benzene rings is 1. The van der Waals surface area contributed by atoms with Gasteiger partial charge < -0.3 is 10.2 Å². The van der Waals surface area contributed by atoms with E-state index in [4.69, 9.17) is 5.14 Å². The van der Waals surface area contributed by atoms with E-state index >= 15 is 0 Å². The topological polar surface area (TPSA) is 122 Å². The quantitative estimate of drug-likeness (QED) is 0.681. The molecular weight excluding hydrogens is 368 g/mol. The number of carbonyl (C=O) groups is 2. The zero-order valence-electron chi connectivity index (χ0n) is 15.0. The number of nitrogens with zero attached hydrogens (tertiary/aromatic N) is 2. The maximum Gasteiger partial charge on any atom is 0.252 e. The van der Waals surface area contributed by atoms with Gasteiger partial charge in [0.05, 0.1) is 10.5 Å². The molecule has 3 N–H and O–H groups in total. The summed E-state index contributed by atoms with van der Waals surface area (Å²) in [6.07, 6.45) is 3.62. The van der Waals surface area contributed by atoms with E-state index < -0.39 is 10.0 Å². The molecule has 0 bridgehead atoms. The van der Waals surface area contributed by atoms with Crippen LogP contribution in [0.5, 0.6) is 0 Å². The molecule has 0 saturated carbocycles. The second kappa shape index (κ2) is 9.24. The van der Waals surface area contributed by atoms with Gasteiger partial charge in [0.25, 0.3) is 5.91 Å². The van der Waals surface area contributed by atoms with Crippen molar-refractivity contribution in [3.8, 4) is 0 Å². The molecule has 1 heterocycles. The molecule has 0 aliphatic carbocycles. The first kappa shape index (κ1) is 20.5. The zero-order chi connectivity index (χ0) is 19.9. The number of rotatable bonds is 8. The first-order valence-electron chi connectivity index (χ1n) is 8.33. The maximum absolute atomic E-state index is 12.0. The van der Waals surface area contributed by atoms with Crippen LogP contribution < -0.4 is 10.5 Å². The molecular formula is C18H22N4O4S. The van der Waals surface area contributed by atoms with Crippen molar-refractivity contribution >= 4 is 21.8 Å². The average molecular weight is 390 g/mol. The highest BCUT2D eigenvalue weighted by Crippen LogP contribution is 2.09. The summed E-state index contributed by atoms with van der Waals surface area (Å²) < 4.78 is 22.5. The zero-order valence-corrected chi connectivity index (χ0v) is 15.8. The molecule has 0 aliphatic rings. The highest BCUT2D eigenvalue weighted by atomic mass is 32.2. The largest absolute Gasteiger partial charge is 0.350 e. The lowest BCUT2D eigenvalue weighted by atomic mass is 10.1. The van der Waals surface area contributed by atoms with Gasteiger partial charge in [-0.05, 0) is 36.2 Å². The van der Waals surface area contributed by atoms with Gasteiger partial charge in [-0.1, -0.05) is 12.1 Å². The summed E-state index contributed by atoms with van der Waals surface area (Å²) in [7, 11) is -3.72. The number of carbonyl (C=O) groups excluding carboxylic acids is 2. The average Bonchev–Trinajstić information content (AvgIpc) is 2.64. The lowest BCUT2D eigenvalue weighted by Gasteiger charge is -2.21. The predicted octanol–water partition coefficient (Wildman–Crippen LogP) is 0.550. The van der Waals surface area contributed by atoms with Crippen LogP contribution in [0.15, 0.2) is 53.7 Å². The molecule has 8 nitrogen and oxygen atoms in total. The lowest BCUT2D eigenvalue weighted by molar-refractivity contribution is -0.128. The van der Waals surface area contributed by atoms with Crippen LogP contribution in [0.3, 0.4) is 0 Å². The van der Waals surface area contributed by atoms with Crippen molar-refractivity contribution in [1.29, 1.82) is 0 Å². The van der Waals surface area contributed by atoms with Crippen molar-refractivity contribution in [3.63, 3.8) is 0 Å². The van der Waals surface area contributed by atoms with Gasteiger partial charge in [0, 0.05) is 39.0 Å². The van der Waals surface area contributed by atoms with Crippen LogP contribution in [-0.4, -0.2) is 49.8 Å². The molecule has 9 heteroatoms. The van der Waals surface area contributed by atoms with Gasteiger partial charge in [-0.2, -0.15) is 0 Å². The predicted molar refractivity (Wildman–Crippen MR) is 100 cm³/mol. The molecule has 0 unspecified atom stereocenters. The minimum atomic E-state index is -3.72. The molecule has 0 saturated heterocycles. The fraction of sp³-hybridized carbons (Fsp3) is 0.278. The molecule has 1 aromatic heterocycles. The van der Waals surface area contributed by atoms with Crippen LogP contribution in [-0.2, 0) is 21.2 Å². The van der Waals surface area contributed by atoms with Gasteiger partial charge in [0.1, 0.15) is 0 Å². The molecule has 2 amide bonds. The first-order valence-corrected chi connectivity index (χ1v) is 9.87. The summed E-state index contributed by atoms with van der Waals surface area (Å²) in [5.74, 6) is -0.350. The van der Waals surface area contributed by atoms with Crippen LogP contribution in [0.4, 0.5) is 0 Å². The highest BCUT2D eigenvalue weighted by Gasteiger charge is 2.11. The van der Waals surface area contributed by atoms with Gasteiger partial charge in [-0.15, -0.1) is 0 Å². The Hall–Kier alpha value is -2.78. The Morgan fingerprint density at radius 2 is 1.85 bits per heavy atom. The molecule has 2 aromatic rings. The van der Waals surface area contributed by atoms with Gasteiger partial charge in [-0.3, -0.25) is 14.6 Å². The summed E-state index contributed by atoms with van der Waals surface area (Å²) in [6, 6.07) is 9.56. The van der Waals surface area contributed by atoms with Crippen LogP contribution >= 0.6 is 0 Å². The first-order chi connectivity index (χ1) is 12.8. The number of sulfonamides is 1. The Balaban J connectivity index is 1.85. The number of nitrogens with one attached hydrogen (secondary N) is 1. The van der Waals surface area contributed by atoms with Crippen molar-refractivity contribution in [2.75, 3.05) is 19.6 Å². The van der Waals surface area contributed by atoms with E-state index in [1.165, 1.54) is 25.3 Å². The van der Waals surface area contributed by atoms with E-state index in [1.807, 2.05) is 0 Å². The third kappa shape index (κ3) is 6.46. The van der Waals surface area contributed by atoms with Crippen LogP contribution in [0.2, 0.25) is 0 Å². The highest BCUT2D eigenvalue weighted by molar-refractivity contribution is 7.89. The van der Waals surface area contributed by atoms with E-state index in [-0.39, 0.29) is 16.7 Å². The number of nitrogens with two attached hydrogens (primary N) is 1. The second-order valence-electron chi connectivity index (χ2n) is 5.94. The third-order valence-electron chi connectivity index (χ3n) is 3.96. The Morgan fingerprint density at radius 1 is 1.15 bits per heavy atom. The third-order valence-corrected chi connectivity index (χ3v) is 4.89. The van der Waals surface area contributed by atoms with E-state index in [1.54, 1.807) is 35.4 Å². The molecule has 1 aromatic carbocycles. The Bertz CT molecular complexity index is 883. The minimum absolute atomic E-state index is 0.0489. The van der Waals surface area contributed by atoms with Crippen LogP contribution in [0.25, 0.3) is 0 Å². The molecule has 0 fully saturated rings. The van der Waals surface area contributed by atoms with Crippen molar-refractivity contribution in [2.45, 2.75) is 18.2 Å². The SMILES string of the molecule is CC(=O)N(CCNC(=O)c1cccnc1)CCc1ccc(S(N)(=O)=O)cc1. The van der Waals surface area contributed by atoms with Crippen molar-refractivity contribution in [3.05, 3.63) is 59.9 Å². The van der Waals surface area contributed by atoms with E-state index in [0.717, 1.165) is 5.56 Å². The number of hydrogen-bond donors (Lipinski definition) is 2. The number of aromatic nitrogens is 1.